The average Bonchev–Trinajstić information content (AvgIpc) is 2.64. The van der Waals surface area contributed by atoms with E-state index in [9.17, 15) is 0 Å². The molecule has 4 heteroatoms. The van der Waals surface area contributed by atoms with Crippen LogP contribution in [0, 0.1) is 11.3 Å². The van der Waals surface area contributed by atoms with E-state index in [1.165, 1.54) is 17.5 Å². The highest BCUT2D eigenvalue weighted by Gasteiger charge is 2.07. The molecule has 0 N–H and O–H groups in total. The normalized spacial score (nSPS) is 9.85. The van der Waals surface area contributed by atoms with E-state index in [4.69, 9.17) is 10.00 Å². The van der Waals surface area contributed by atoms with Crippen molar-refractivity contribution in [2.24, 2.45) is 0 Å². The molecule has 0 unspecified atom stereocenters. The van der Waals surface area contributed by atoms with Gasteiger partial charge < -0.3 is 4.74 Å². The van der Waals surface area contributed by atoms with Gasteiger partial charge in [0.05, 0.1) is 29.0 Å². The Kier molecular flexibility index (Phi) is 1.87. The molecule has 2 aromatic heterocycles. The van der Waals surface area contributed by atoms with Crippen molar-refractivity contribution >= 4 is 21.4 Å². The Balaban J connectivity index is 2.83. The third kappa shape index (κ3) is 1.14. The molecule has 0 saturated carbocycles. The number of ether oxygens (including phenoxy) is 1. The van der Waals surface area contributed by atoms with Gasteiger partial charge in [0.1, 0.15) is 6.07 Å². The number of nitriles is 1. The van der Waals surface area contributed by atoms with Gasteiger partial charge in [-0.25, -0.2) is 4.98 Å². The molecule has 0 aliphatic rings. The summed E-state index contributed by atoms with van der Waals surface area (Å²) in [6, 6.07) is 4.01. The summed E-state index contributed by atoms with van der Waals surface area (Å²) >= 11 is 1.53. The summed E-state index contributed by atoms with van der Waals surface area (Å²) in [5.41, 5.74) is 0.603. The van der Waals surface area contributed by atoms with Crippen molar-refractivity contribution in [3.05, 3.63) is 23.2 Å². The third-order valence-corrected chi connectivity index (χ3v) is 2.71. The van der Waals surface area contributed by atoms with Gasteiger partial charge in [0, 0.05) is 0 Å². The van der Waals surface area contributed by atoms with E-state index in [1.54, 1.807) is 7.11 Å². The third-order valence-electron chi connectivity index (χ3n) is 1.76. The zero-order chi connectivity index (χ0) is 9.26. The number of thiophene rings is 1. The molecule has 0 radical (unpaired) electrons. The Bertz CT molecular complexity index is 484. The van der Waals surface area contributed by atoms with Gasteiger partial charge in [-0.15, -0.1) is 11.3 Å². The first kappa shape index (κ1) is 8.02. The van der Waals surface area contributed by atoms with Gasteiger partial charge in [-0.2, -0.15) is 5.26 Å². The average molecular weight is 190 g/mol. The molecule has 3 nitrogen and oxygen atoms in total. The Hall–Kier alpha value is -1.60. The quantitative estimate of drug-likeness (QED) is 0.692. The van der Waals surface area contributed by atoms with E-state index in [-0.39, 0.29) is 0 Å². The number of fused-ring (bicyclic) bond motifs is 1. The second-order valence-electron chi connectivity index (χ2n) is 2.46. The van der Waals surface area contributed by atoms with Crippen molar-refractivity contribution in [1.29, 1.82) is 5.26 Å². The number of hydrogen-bond acceptors (Lipinski definition) is 4. The van der Waals surface area contributed by atoms with Crippen LogP contribution in [0.5, 0.6) is 5.88 Å². The minimum Gasteiger partial charge on any atom is -0.481 e. The summed E-state index contributed by atoms with van der Waals surface area (Å²) in [4.78, 5) is 4.03. The first-order chi connectivity index (χ1) is 6.36. The molecule has 0 amide bonds. The molecule has 2 rings (SSSR count). The molecular weight excluding hydrogens is 184 g/mol. The van der Waals surface area contributed by atoms with Gasteiger partial charge in [-0.1, -0.05) is 0 Å². The van der Waals surface area contributed by atoms with Crippen molar-refractivity contribution in [3.8, 4) is 11.9 Å². The fraction of sp³-hybridized carbons (Fsp3) is 0.111. The second-order valence-corrected chi connectivity index (χ2v) is 3.37. The first-order valence-electron chi connectivity index (χ1n) is 3.67. The van der Waals surface area contributed by atoms with E-state index >= 15 is 0 Å². The molecule has 0 aromatic carbocycles. The van der Waals surface area contributed by atoms with E-state index in [0.717, 1.165) is 10.1 Å². The van der Waals surface area contributed by atoms with E-state index in [1.807, 2.05) is 11.4 Å². The minimum atomic E-state index is 0.579. The molecule has 2 heterocycles. The lowest BCUT2D eigenvalue weighted by Crippen LogP contribution is -1.88. The maximum atomic E-state index is 8.79. The summed E-state index contributed by atoms with van der Waals surface area (Å²) in [5, 5.41) is 11.6. The van der Waals surface area contributed by atoms with Crippen LogP contribution < -0.4 is 4.74 Å². The van der Waals surface area contributed by atoms with Crippen molar-refractivity contribution in [2.45, 2.75) is 0 Å². The van der Waals surface area contributed by atoms with Gasteiger partial charge in [-0.05, 0) is 11.4 Å². The lowest BCUT2D eigenvalue weighted by molar-refractivity contribution is 0.403. The summed E-state index contributed by atoms with van der Waals surface area (Å²) in [5.74, 6) is 0.579. The molecule has 2 aromatic rings. The van der Waals surface area contributed by atoms with Crippen LogP contribution in [-0.2, 0) is 0 Å². The van der Waals surface area contributed by atoms with Crippen LogP contribution in [0.15, 0.2) is 17.6 Å². The summed E-state index contributed by atoms with van der Waals surface area (Å²) in [6.07, 6.45) is 1.54. The Labute approximate surface area is 79.2 Å². The number of hydrogen-bond donors (Lipinski definition) is 0. The van der Waals surface area contributed by atoms with Gasteiger partial charge >= 0.3 is 0 Å². The number of aromatic nitrogens is 1. The molecule has 0 aliphatic heterocycles. The summed E-state index contributed by atoms with van der Waals surface area (Å²) in [7, 11) is 1.57. The Morgan fingerprint density at radius 2 is 2.46 bits per heavy atom. The summed E-state index contributed by atoms with van der Waals surface area (Å²) < 4.78 is 6.01. The summed E-state index contributed by atoms with van der Waals surface area (Å²) in [6.45, 7) is 0. The fourth-order valence-corrected chi connectivity index (χ4v) is 2.03. The van der Waals surface area contributed by atoms with Gasteiger partial charge in [0.25, 0.3) is 0 Å². The minimum absolute atomic E-state index is 0.579. The first-order valence-corrected chi connectivity index (χ1v) is 4.55. The maximum absolute atomic E-state index is 8.79. The Morgan fingerprint density at radius 1 is 1.62 bits per heavy atom. The number of pyridine rings is 1. The molecule has 13 heavy (non-hydrogen) atoms. The molecular formula is C9H6N2OS. The number of methoxy groups -OCH3 is 1. The van der Waals surface area contributed by atoms with Gasteiger partial charge in [-0.3, -0.25) is 0 Å². The lowest BCUT2D eigenvalue weighted by Gasteiger charge is -1.99. The number of nitrogens with zero attached hydrogens (tertiary/aromatic N) is 2. The topological polar surface area (TPSA) is 45.9 Å². The van der Waals surface area contributed by atoms with Gasteiger partial charge in [0.15, 0.2) is 0 Å². The fourth-order valence-electron chi connectivity index (χ4n) is 1.18. The molecule has 0 atom stereocenters. The van der Waals surface area contributed by atoms with E-state index in [0.29, 0.717) is 11.4 Å². The van der Waals surface area contributed by atoms with Crippen LogP contribution in [0.1, 0.15) is 5.56 Å². The molecule has 0 saturated heterocycles. The van der Waals surface area contributed by atoms with Gasteiger partial charge in [0.2, 0.25) is 5.88 Å². The smallest absolute Gasteiger partial charge is 0.221 e. The predicted molar refractivity (Wildman–Crippen MR) is 50.9 cm³/mol. The lowest BCUT2D eigenvalue weighted by atomic mass is 10.2. The van der Waals surface area contributed by atoms with Crippen LogP contribution in [0.3, 0.4) is 0 Å². The van der Waals surface area contributed by atoms with Crippen molar-refractivity contribution < 1.29 is 4.74 Å². The van der Waals surface area contributed by atoms with Crippen molar-refractivity contribution in [1.82, 2.24) is 4.98 Å². The van der Waals surface area contributed by atoms with Crippen molar-refractivity contribution in [2.75, 3.05) is 7.11 Å². The van der Waals surface area contributed by atoms with Crippen LogP contribution in [0.25, 0.3) is 10.1 Å². The molecule has 64 valence electrons. The monoisotopic (exact) mass is 190 g/mol. The van der Waals surface area contributed by atoms with Crippen molar-refractivity contribution in [3.63, 3.8) is 0 Å². The van der Waals surface area contributed by atoms with Crippen LogP contribution >= 0.6 is 11.3 Å². The van der Waals surface area contributed by atoms with Crippen LogP contribution in [-0.4, -0.2) is 12.1 Å². The highest BCUT2D eigenvalue weighted by molar-refractivity contribution is 7.17. The molecule has 0 aliphatic carbocycles. The highest BCUT2D eigenvalue weighted by atomic mass is 32.1. The number of rotatable bonds is 1. The van der Waals surface area contributed by atoms with E-state index < -0.39 is 0 Å². The molecule has 0 spiro atoms. The van der Waals surface area contributed by atoms with Crippen LogP contribution in [0.2, 0.25) is 0 Å². The largest absolute Gasteiger partial charge is 0.481 e. The second kappa shape index (κ2) is 3.04. The van der Waals surface area contributed by atoms with Crippen LogP contribution in [0.4, 0.5) is 0 Å². The zero-order valence-corrected chi connectivity index (χ0v) is 7.76. The molecule has 0 bridgehead atoms. The maximum Gasteiger partial charge on any atom is 0.221 e. The SMILES string of the molecule is COc1ncc(C#N)c2sccc12. The predicted octanol–water partition coefficient (Wildman–Crippen LogP) is 2.18. The molecule has 0 fully saturated rings. The van der Waals surface area contributed by atoms with E-state index in [2.05, 4.69) is 11.1 Å². The highest BCUT2D eigenvalue weighted by Crippen LogP contribution is 2.29. The Morgan fingerprint density at radius 3 is 3.15 bits per heavy atom. The standard InChI is InChI=1S/C9H6N2OS/c1-12-9-7-2-3-13-8(7)6(4-10)5-11-9/h2-3,5H,1H3. The zero-order valence-electron chi connectivity index (χ0n) is 6.94.